The van der Waals surface area contributed by atoms with Gasteiger partial charge in [0.05, 0.1) is 22.6 Å². The molecule has 0 N–H and O–H groups in total. The van der Waals surface area contributed by atoms with Gasteiger partial charge in [-0.2, -0.15) is 5.10 Å². The topological polar surface area (TPSA) is 38.1 Å². The van der Waals surface area contributed by atoms with Crippen molar-refractivity contribution in [2.24, 2.45) is 0 Å². The van der Waals surface area contributed by atoms with Gasteiger partial charge in [0.25, 0.3) is 5.91 Å². The summed E-state index contributed by atoms with van der Waals surface area (Å²) in [5, 5.41) is 4.58. The van der Waals surface area contributed by atoms with E-state index in [1.54, 1.807) is 4.90 Å². The van der Waals surface area contributed by atoms with E-state index >= 15 is 0 Å². The minimum Gasteiger partial charge on any atom is -0.337 e. The highest BCUT2D eigenvalue weighted by Crippen LogP contribution is 2.20. The zero-order valence-electron chi connectivity index (χ0n) is 15.9. The van der Waals surface area contributed by atoms with Crippen LogP contribution in [-0.4, -0.2) is 27.6 Å². The average molecular weight is 347 g/mol. The summed E-state index contributed by atoms with van der Waals surface area (Å²) in [4.78, 5) is 14.8. The van der Waals surface area contributed by atoms with E-state index in [1.165, 1.54) is 5.56 Å². The van der Waals surface area contributed by atoms with Crippen molar-refractivity contribution in [3.63, 3.8) is 0 Å². The summed E-state index contributed by atoms with van der Waals surface area (Å²) >= 11 is 0. The largest absolute Gasteiger partial charge is 0.337 e. The fourth-order valence-electron chi connectivity index (χ4n) is 3.19. The highest BCUT2D eigenvalue weighted by Gasteiger charge is 2.22. The van der Waals surface area contributed by atoms with E-state index in [-0.39, 0.29) is 5.91 Å². The molecular weight excluding hydrogens is 322 g/mol. The summed E-state index contributed by atoms with van der Waals surface area (Å²) in [5.74, 6) is 0.00162. The lowest BCUT2D eigenvalue weighted by molar-refractivity contribution is 0.0783. The van der Waals surface area contributed by atoms with Gasteiger partial charge in [-0.3, -0.25) is 4.79 Å². The molecule has 0 aliphatic carbocycles. The summed E-state index contributed by atoms with van der Waals surface area (Å²) in [6.45, 7) is 6.56. The molecule has 1 amide bonds. The predicted octanol–water partition coefficient (Wildman–Crippen LogP) is 4.32. The van der Waals surface area contributed by atoms with Crippen molar-refractivity contribution < 1.29 is 4.79 Å². The molecule has 2 aromatic carbocycles. The molecule has 0 fully saturated rings. The van der Waals surface area contributed by atoms with E-state index < -0.39 is 0 Å². The minimum absolute atomic E-state index is 0.00162. The number of hydrogen-bond acceptors (Lipinski definition) is 2. The Morgan fingerprint density at radius 2 is 1.62 bits per heavy atom. The number of aryl methyl sites for hydroxylation is 2. The molecule has 0 aliphatic rings. The standard InChI is InChI=1S/C22H25N3O/c1-5-18-11-13-19(14-12-18)15-24(4)22(26)21-16(2)23-25(17(21)3)20-9-7-6-8-10-20/h6-14H,5,15H2,1-4H3. The van der Waals surface area contributed by atoms with Crippen LogP contribution in [0.25, 0.3) is 5.69 Å². The SMILES string of the molecule is CCc1ccc(CN(C)C(=O)c2c(C)nn(-c3ccccc3)c2C)cc1. The molecule has 0 saturated carbocycles. The molecule has 4 heteroatoms. The first kappa shape index (κ1) is 17.9. The number of amides is 1. The van der Waals surface area contributed by atoms with Crippen LogP contribution in [0, 0.1) is 13.8 Å². The number of para-hydroxylation sites is 1. The van der Waals surface area contributed by atoms with Crippen molar-refractivity contribution in [2.45, 2.75) is 33.7 Å². The summed E-state index contributed by atoms with van der Waals surface area (Å²) in [6.07, 6.45) is 1.02. The number of nitrogens with zero attached hydrogens (tertiary/aromatic N) is 3. The van der Waals surface area contributed by atoms with Gasteiger partial charge in [0, 0.05) is 13.6 Å². The number of carbonyl (C=O) groups excluding carboxylic acids is 1. The Bertz CT molecular complexity index is 895. The number of hydrogen-bond donors (Lipinski definition) is 0. The molecule has 0 aliphatic heterocycles. The Hall–Kier alpha value is -2.88. The van der Waals surface area contributed by atoms with Crippen LogP contribution in [0.15, 0.2) is 54.6 Å². The van der Waals surface area contributed by atoms with Gasteiger partial charge in [-0.05, 0) is 43.5 Å². The van der Waals surface area contributed by atoms with Gasteiger partial charge in [0.2, 0.25) is 0 Å². The normalized spacial score (nSPS) is 10.8. The first-order chi connectivity index (χ1) is 12.5. The molecule has 0 unspecified atom stereocenters. The third kappa shape index (κ3) is 3.54. The second kappa shape index (κ2) is 7.56. The molecule has 1 heterocycles. The fourth-order valence-corrected chi connectivity index (χ4v) is 3.19. The van der Waals surface area contributed by atoms with Crippen LogP contribution >= 0.6 is 0 Å². The molecule has 4 nitrogen and oxygen atoms in total. The van der Waals surface area contributed by atoms with E-state index in [0.29, 0.717) is 12.1 Å². The van der Waals surface area contributed by atoms with Crippen molar-refractivity contribution in [3.05, 3.63) is 82.7 Å². The van der Waals surface area contributed by atoms with E-state index in [4.69, 9.17) is 0 Å². The number of carbonyl (C=O) groups is 1. The lowest BCUT2D eigenvalue weighted by Gasteiger charge is -2.18. The maximum absolute atomic E-state index is 13.0. The third-order valence-corrected chi connectivity index (χ3v) is 4.70. The molecule has 134 valence electrons. The monoisotopic (exact) mass is 347 g/mol. The first-order valence-electron chi connectivity index (χ1n) is 8.96. The lowest BCUT2D eigenvalue weighted by Crippen LogP contribution is -2.27. The molecule has 3 aromatic rings. The van der Waals surface area contributed by atoms with Gasteiger partial charge in [-0.15, -0.1) is 0 Å². The highest BCUT2D eigenvalue weighted by molar-refractivity contribution is 5.96. The van der Waals surface area contributed by atoms with Crippen molar-refractivity contribution >= 4 is 5.91 Å². The second-order valence-corrected chi connectivity index (χ2v) is 6.62. The van der Waals surface area contributed by atoms with Crippen molar-refractivity contribution in [3.8, 4) is 5.69 Å². The van der Waals surface area contributed by atoms with Gasteiger partial charge in [-0.25, -0.2) is 4.68 Å². The molecule has 0 saturated heterocycles. The van der Waals surface area contributed by atoms with Crippen LogP contribution < -0.4 is 0 Å². The number of rotatable bonds is 5. The Morgan fingerprint density at radius 3 is 2.23 bits per heavy atom. The number of aromatic nitrogens is 2. The zero-order valence-corrected chi connectivity index (χ0v) is 15.9. The van der Waals surface area contributed by atoms with Gasteiger partial charge in [0.15, 0.2) is 0 Å². The van der Waals surface area contributed by atoms with Gasteiger partial charge in [-0.1, -0.05) is 49.4 Å². The average Bonchev–Trinajstić information content (AvgIpc) is 2.96. The molecule has 0 spiro atoms. The van der Waals surface area contributed by atoms with Crippen molar-refractivity contribution in [2.75, 3.05) is 7.05 Å². The number of benzene rings is 2. The summed E-state index contributed by atoms with van der Waals surface area (Å²) < 4.78 is 1.84. The minimum atomic E-state index is 0.00162. The Balaban J connectivity index is 1.83. The lowest BCUT2D eigenvalue weighted by atomic mass is 10.1. The van der Waals surface area contributed by atoms with Gasteiger partial charge in [0.1, 0.15) is 0 Å². The summed E-state index contributed by atoms with van der Waals surface area (Å²) in [6, 6.07) is 18.3. The van der Waals surface area contributed by atoms with Gasteiger partial charge < -0.3 is 4.90 Å². The molecule has 0 atom stereocenters. The molecule has 0 radical (unpaired) electrons. The maximum atomic E-state index is 13.0. The van der Waals surface area contributed by atoms with E-state index in [9.17, 15) is 4.79 Å². The quantitative estimate of drug-likeness (QED) is 0.689. The predicted molar refractivity (Wildman–Crippen MR) is 105 cm³/mol. The second-order valence-electron chi connectivity index (χ2n) is 6.62. The molecule has 3 rings (SSSR count). The molecular formula is C22H25N3O. The van der Waals surface area contributed by atoms with Crippen molar-refractivity contribution in [1.82, 2.24) is 14.7 Å². The van der Waals surface area contributed by atoms with Crippen LogP contribution in [0.2, 0.25) is 0 Å². The summed E-state index contributed by atoms with van der Waals surface area (Å²) in [7, 11) is 1.84. The fraction of sp³-hybridized carbons (Fsp3) is 0.273. The van der Waals surface area contributed by atoms with Crippen LogP contribution in [0.5, 0.6) is 0 Å². The molecule has 26 heavy (non-hydrogen) atoms. The van der Waals surface area contributed by atoms with E-state index in [0.717, 1.165) is 29.1 Å². The Kier molecular flexibility index (Phi) is 5.21. The van der Waals surface area contributed by atoms with Crippen LogP contribution in [-0.2, 0) is 13.0 Å². The molecule has 1 aromatic heterocycles. The van der Waals surface area contributed by atoms with Crippen LogP contribution in [0.4, 0.5) is 0 Å². The maximum Gasteiger partial charge on any atom is 0.257 e. The van der Waals surface area contributed by atoms with E-state index in [2.05, 4.69) is 36.3 Å². The Morgan fingerprint density at radius 1 is 1.00 bits per heavy atom. The third-order valence-electron chi connectivity index (χ3n) is 4.70. The van der Waals surface area contributed by atoms with Crippen molar-refractivity contribution in [1.29, 1.82) is 0 Å². The van der Waals surface area contributed by atoms with Crippen LogP contribution in [0.3, 0.4) is 0 Å². The van der Waals surface area contributed by atoms with E-state index in [1.807, 2.05) is 55.9 Å². The van der Waals surface area contributed by atoms with Gasteiger partial charge >= 0.3 is 0 Å². The highest BCUT2D eigenvalue weighted by atomic mass is 16.2. The Labute approximate surface area is 155 Å². The zero-order chi connectivity index (χ0) is 18.7. The first-order valence-corrected chi connectivity index (χ1v) is 8.96. The smallest absolute Gasteiger partial charge is 0.257 e. The van der Waals surface area contributed by atoms with Crippen LogP contribution in [0.1, 0.15) is 39.8 Å². The summed E-state index contributed by atoms with van der Waals surface area (Å²) in [5.41, 5.74) is 5.70. The molecule has 0 bridgehead atoms.